The van der Waals surface area contributed by atoms with Crippen molar-refractivity contribution < 1.29 is 4.74 Å². The predicted octanol–water partition coefficient (Wildman–Crippen LogP) is 2.29. The fourth-order valence-corrected chi connectivity index (χ4v) is 2.14. The number of ether oxygens (including phenoxy) is 1. The van der Waals surface area contributed by atoms with Gasteiger partial charge in [-0.25, -0.2) is 0 Å². The number of aliphatic imine (C=N–C) groups is 1. The molecule has 1 aromatic heterocycles. The van der Waals surface area contributed by atoms with E-state index in [9.17, 15) is 0 Å². The molecule has 3 N–H and O–H groups in total. The van der Waals surface area contributed by atoms with E-state index in [0.717, 1.165) is 5.56 Å². The Kier molecular flexibility index (Phi) is 8.97. The maximum atomic E-state index is 5.95. The molecule has 0 saturated heterocycles. The van der Waals surface area contributed by atoms with Crippen LogP contribution in [0.3, 0.4) is 0 Å². The second kappa shape index (κ2) is 10.5. The van der Waals surface area contributed by atoms with E-state index < -0.39 is 0 Å². The van der Waals surface area contributed by atoms with Gasteiger partial charge in [-0.15, -0.1) is 24.0 Å². The number of nitrogens with zero attached hydrogens (tertiary/aromatic N) is 3. The zero-order valence-electron chi connectivity index (χ0n) is 12.9. The maximum Gasteiger partial charge on any atom is 0.188 e. The van der Waals surface area contributed by atoms with Crippen molar-refractivity contribution in [2.75, 3.05) is 26.8 Å². The van der Waals surface area contributed by atoms with Crippen molar-refractivity contribution >= 4 is 41.5 Å². The number of rotatable bonds is 7. The Morgan fingerprint density at radius 1 is 1.43 bits per heavy atom. The maximum absolute atomic E-state index is 5.95. The zero-order valence-corrected chi connectivity index (χ0v) is 15.9. The Hall–Kier alpha value is -1.32. The number of benzene rings is 1. The number of nitrogens with two attached hydrogens (primary N) is 1. The van der Waals surface area contributed by atoms with Crippen LogP contribution in [0.2, 0.25) is 5.02 Å². The van der Waals surface area contributed by atoms with Gasteiger partial charge < -0.3 is 15.8 Å². The van der Waals surface area contributed by atoms with E-state index in [1.54, 1.807) is 13.3 Å². The molecular formula is C15H21ClIN5O. The SMILES string of the molecule is COCCNC(N)=NCC(c1ccc(Cl)cc1)n1cccn1.I. The summed E-state index contributed by atoms with van der Waals surface area (Å²) < 4.78 is 6.81. The third kappa shape index (κ3) is 6.36. The normalized spacial score (nSPS) is 12.5. The average Bonchev–Trinajstić information content (AvgIpc) is 3.04. The zero-order chi connectivity index (χ0) is 15.8. The first-order chi connectivity index (χ1) is 10.7. The number of methoxy groups -OCH3 is 1. The van der Waals surface area contributed by atoms with E-state index >= 15 is 0 Å². The van der Waals surface area contributed by atoms with Gasteiger partial charge in [0.25, 0.3) is 0 Å². The lowest BCUT2D eigenvalue weighted by Crippen LogP contribution is -2.34. The van der Waals surface area contributed by atoms with Crippen LogP contribution < -0.4 is 11.1 Å². The van der Waals surface area contributed by atoms with Crippen molar-refractivity contribution in [1.82, 2.24) is 15.1 Å². The van der Waals surface area contributed by atoms with Crippen LogP contribution in [-0.2, 0) is 4.74 Å². The molecule has 1 atom stereocenters. The molecule has 0 aliphatic rings. The minimum atomic E-state index is -0.0324. The highest BCUT2D eigenvalue weighted by Crippen LogP contribution is 2.20. The summed E-state index contributed by atoms with van der Waals surface area (Å²) in [5.74, 6) is 0.392. The minimum absolute atomic E-state index is 0. The quantitative estimate of drug-likeness (QED) is 0.294. The fraction of sp³-hybridized carbons (Fsp3) is 0.333. The van der Waals surface area contributed by atoms with Gasteiger partial charge in [-0.3, -0.25) is 9.67 Å². The van der Waals surface area contributed by atoms with Gasteiger partial charge in [0.15, 0.2) is 5.96 Å². The van der Waals surface area contributed by atoms with Gasteiger partial charge in [0, 0.05) is 31.1 Å². The van der Waals surface area contributed by atoms with Crippen LogP contribution in [0.1, 0.15) is 11.6 Å². The second-order valence-corrected chi connectivity index (χ2v) is 5.14. The first-order valence-electron chi connectivity index (χ1n) is 6.98. The van der Waals surface area contributed by atoms with Crippen LogP contribution in [0.4, 0.5) is 0 Å². The van der Waals surface area contributed by atoms with Crippen molar-refractivity contribution in [3.05, 3.63) is 53.3 Å². The predicted molar refractivity (Wildman–Crippen MR) is 104 cm³/mol. The highest BCUT2D eigenvalue weighted by atomic mass is 127. The molecule has 1 unspecified atom stereocenters. The first kappa shape index (κ1) is 19.7. The van der Waals surface area contributed by atoms with Crippen LogP contribution in [0, 0.1) is 0 Å². The second-order valence-electron chi connectivity index (χ2n) is 4.70. The van der Waals surface area contributed by atoms with Crippen LogP contribution in [0.25, 0.3) is 0 Å². The summed E-state index contributed by atoms with van der Waals surface area (Å²) in [5, 5.41) is 8.00. The van der Waals surface area contributed by atoms with E-state index in [-0.39, 0.29) is 30.0 Å². The van der Waals surface area contributed by atoms with E-state index in [1.807, 2.05) is 41.2 Å². The molecule has 1 heterocycles. The van der Waals surface area contributed by atoms with E-state index in [0.29, 0.717) is 30.7 Å². The number of guanidine groups is 1. The monoisotopic (exact) mass is 449 g/mol. The average molecular weight is 450 g/mol. The van der Waals surface area contributed by atoms with Gasteiger partial charge in [-0.1, -0.05) is 23.7 Å². The molecule has 126 valence electrons. The standard InChI is InChI=1S/C15H20ClN5O.HI/c1-22-10-8-18-15(17)19-11-14(21-9-2-7-20-21)12-3-5-13(16)6-4-12;/h2-7,9,14H,8,10-11H2,1H3,(H3,17,18,19);1H. The molecule has 0 bridgehead atoms. The van der Waals surface area contributed by atoms with Crippen LogP contribution in [0.5, 0.6) is 0 Å². The number of aromatic nitrogens is 2. The van der Waals surface area contributed by atoms with Crippen molar-refractivity contribution in [2.45, 2.75) is 6.04 Å². The molecule has 0 radical (unpaired) electrons. The number of hydrogen-bond acceptors (Lipinski definition) is 3. The largest absolute Gasteiger partial charge is 0.383 e. The van der Waals surface area contributed by atoms with Gasteiger partial charge >= 0.3 is 0 Å². The molecule has 0 fully saturated rings. The summed E-state index contributed by atoms with van der Waals surface area (Å²) in [5.41, 5.74) is 6.92. The van der Waals surface area contributed by atoms with Gasteiger partial charge in [0.05, 0.1) is 19.2 Å². The third-order valence-corrected chi connectivity index (χ3v) is 3.40. The summed E-state index contributed by atoms with van der Waals surface area (Å²) in [6.07, 6.45) is 3.65. The Morgan fingerprint density at radius 2 is 2.17 bits per heavy atom. The molecule has 1 aromatic carbocycles. The molecule has 0 saturated carbocycles. The Labute approximate surface area is 158 Å². The molecule has 0 aliphatic heterocycles. The lowest BCUT2D eigenvalue weighted by molar-refractivity contribution is 0.204. The number of nitrogens with one attached hydrogen (secondary N) is 1. The van der Waals surface area contributed by atoms with E-state index in [1.165, 1.54) is 0 Å². The molecule has 6 nitrogen and oxygen atoms in total. The van der Waals surface area contributed by atoms with Crippen molar-refractivity contribution in [1.29, 1.82) is 0 Å². The van der Waals surface area contributed by atoms with Crippen molar-refractivity contribution in [3.8, 4) is 0 Å². The summed E-state index contributed by atoms with van der Waals surface area (Å²) >= 11 is 5.95. The van der Waals surface area contributed by atoms with Crippen LogP contribution >= 0.6 is 35.6 Å². The Bertz CT molecular complexity index is 588. The first-order valence-corrected chi connectivity index (χ1v) is 7.36. The Balaban J connectivity index is 0.00000264. The summed E-state index contributed by atoms with van der Waals surface area (Å²) in [6, 6.07) is 9.51. The summed E-state index contributed by atoms with van der Waals surface area (Å²) in [4.78, 5) is 4.39. The van der Waals surface area contributed by atoms with E-state index in [4.69, 9.17) is 22.1 Å². The molecule has 23 heavy (non-hydrogen) atoms. The van der Waals surface area contributed by atoms with Crippen molar-refractivity contribution in [2.24, 2.45) is 10.7 Å². The van der Waals surface area contributed by atoms with Crippen LogP contribution in [0.15, 0.2) is 47.7 Å². The van der Waals surface area contributed by atoms with Gasteiger partial charge in [0.2, 0.25) is 0 Å². The molecule has 0 amide bonds. The summed E-state index contributed by atoms with van der Waals surface area (Å²) in [6.45, 7) is 1.68. The smallest absolute Gasteiger partial charge is 0.188 e. The number of halogens is 2. The third-order valence-electron chi connectivity index (χ3n) is 3.15. The molecule has 8 heteroatoms. The van der Waals surface area contributed by atoms with Crippen LogP contribution in [-0.4, -0.2) is 42.5 Å². The molecular weight excluding hydrogens is 429 g/mol. The van der Waals surface area contributed by atoms with Gasteiger partial charge in [-0.05, 0) is 23.8 Å². The van der Waals surface area contributed by atoms with E-state index in [2.05, 4.69) is 15.4 Å². The minimum Gasteiger partial charge on any atom is -0.383 e. The lowest BCUT2D eigenvalue weighted by atomic mass is 10.1. The number of hydrogen-bond donors (Lipinski definition) is 2. The fourth-order valence-electron chi connectivity index (χ4n) is 2.01. The summed E-state index contributed by atoms with van der Waals surface area (Å²) in [7, 11) is 1.64. The van der Waals surface area contributed by atoms with Crippen molar-refractivity contribution in [3.63, 3.8) is 0 Å². The Morgan fingerprint density at radius 3 is 2.78 bits per heavy atom. The molecule has 2 rings (SSSR count). The molecule has 2 aromatic rings. The van der Waals surface area contributed by atoms with Gasteiger partial charge in [-0.2, -0.15) is 5.10 Å². The highest BCUT2D eigenvalue weighted by molar-refractivity contribution is 14.0. The highest BCUT2D eigenvalue weighted by Gasteiger charge is 2.13. The molecule has 0 spiro atoms. The van der Waals surface area contributed by atoms with Gasteiger partial charge in [0.1, 0.15) is 0 Å². The topological polar surface area (TPSA) is 77.5 Å². The molecule has 0 aliphatic carbocycles. The lowest BCUT2D eigenvalue weighted by Gasteiger charge is -2.16.